The molecule has 1 heterocycles. The lowest BCUT2D eigenvalue weighted by atomic mass is 10.00. The summed E-state index contributed by atoms with van der Waals surface area (Å²) in [6.45, 7) is 2.66. The highest BCUT2D eigenvalue weighted by molar-refractivity contribution is 7.90. The number of para-hydroxylation sites is 1. The summed E-state index contributed by atoms with van der Waals surface area (Å²) in [7, 11) is -3.74. The average molecular weight is 316 g/mol. The molecule has 0 aromatic heterocycles. The summed E-state index contributed by atoms with van der Waals surface area (Å²) in [4.78, 5) is 0. The number of aliphatic hydroxyl groups excluding tert-OH is 1. The van der Waals surface area contributed by atoms with Crippen molar-refractivity contribution in [3.63, 3.8) is 0 Å². The highest BCUT2D eigenvalue weighted by Gasteiger charge is 2.33. The molecular weight excluding hydrogens is 295 g/mol. The highest BCUT2D eigenvalue weighted by atomic mass is 32.2. The fourth-order valence-corrected chi connectivity index (χ4v) is 4.25. The zero-order valence-electron chi connectivity index (χ0n) is 12.1. The normalized spacial score (nSPS) is 17.9. The Bertz CT molecular complexity index is 571. The van der Waals surface area contributed by atoms with Crippen molar-refractivity contribution >= 4 is 15.9 Å². The molecule has 1 aromatic rings. The van der Waals surface area contributed by atoms with Crippen LogP contribution in [0, 0.1) is 11.7 Å². The first-order valence-corrected chi connectivity index (χ1v) is 8.53. The molecule has 1 fully saturated rings. The minimum Gasteiger partial charge on any atom is -0.396 e. The second-order valence-electron chi connectivity index (χ2n) is 5.15. The molecule has 0 bridgehead atoms. The predicted molar refractivity (Wildman–Crippen MR) is 79.7 cm³/mol. The topological polar surface area (TPSA) is 60.9 Å². The summed E-state index contributed by atoms with van der Waals surface area (Å²) < 4.78 is 41.7. The van der Waals surface area contributed by atoms with E-state index in [2.05, 4.69) is 0 Å². The first-order valence-electron chi connectivity index (χ1n) is 7.14. The number of anilines is 1. The Morgan fingerprint density at radius 1 is 1.33 bits per heavy atom. The van der Waals surface area contributed by atoms with Gasteiger partial charge in [-0.3, -0.25) is 4.31 Å². The minimum absolute atomic E-state index is 0.0734. The van der Waals surface area contributed by atoms with E-state index in [1.165, 1.54) is 22.5 Å². The van der Waals surface area contributed by atoms with E-state index >= 15 is 0 Å². The molecule has 7 heteroatoms. The van der Waals surface area contributed by atoms with Crippen LogP contribution in [0.1, 0.15) is 19.8 Å². The number of aliphatic hydroxyl groups is 1. The number of nitrogens with zero attached hydrogens (tertiary/aromatic N) is 2. The molecule has 21 heavy (non-hydrogen) atoms. The Morgan fingerprint density at radius 3 is 2.48 bits per heavy atom. The Hall–Kier alpha value is -1.18. The third-order valence-corrected chi connectivity index (χ3v) is 5.87. The van der Waals surface area contributed by atoms with E-state index in [9.17, 15) is 12.8 Å². The molecule has 0 aliphatic carbocycles. The van der Waals surface area contributed by atoms with Crippen LogP contribution >= 0.6 is 0 Å². The van der Waals surface area contributed by atoms with E-state index in [0.29, 0.717) is 25.9 Å². The highest BCUT2D eigenvalue weighted by Crippen LogP contribution is 2.26. The molecule has 0 amide bonds. The fraction of sp³-hybridized carbons (Fsp3) is 0.571. The summed E-state index contributed by atoms with van der Waals surface area (Å²) in [5.41, 5.74) is 0.0734. The van der Waals surface area contributed by atoms with Gasteiger partial charge in [0.2, 0.25) is 0 Å². The van der Waals surface area contributed by atoms with Gasteiger partial charge in [0, 0.05) is 26.2 Å². The van der Waals surface area contributed by atoms with Gasteiger partial charge in [-0.15, -0.1) is 0 Å². The number of hydrogen-bond donors (Lipinski definition) is 1. The average Bonchev–Trinajstić information content (AvgIpc) is 2.50. The van der Waals surface area contributed by atoms with Crippen LogP contribution in [0.4, 0.5) is 10.1 Å². The first-order chi connectivity index (χ1) is 10.0. The second kappa shape index (κ2) is 6.72. The van der Waals surface area contributed by atoms with Crippen molar-refractivity contribution in [1.82, 2.24) is 4.31 Å². The van der Waals surface area contributed by atoms with Gasteiger partial charge in [-0.25, -0.2) is 4.39 Å². The second-order valence-corrected chi connectivity index (χ2v) is 7.00. The molecule has 1 aliphatic rings. The maximum absolute atomic E-state index is 13.9. The lowest BCUT2D eigenvalue weighted by molar-refractivity contribution is 0.170. The van der Waals surface area contributed by atoms with Crippen molar-refractivity contribution in [2.75, 3.05) is 30.5 Å². The monoisotopic (exact) mass is 316 g/mol. The SMILES string of the molecule is CCN(c1ccccc1F)S(=O)(=O)N1CCC(CO)CC1. The van der Waals surface area contributed by atoms with Crippen LogP contribution in [0.15, 0.2) is 24.3 Å². The molecule has 0 spiro atoms. The smallest absolute Gasteiger partial charge is 0.304 e. The number of benzene rings is 1. The Balaban J connectivity index is 2.23. The van der Waals surface area contributed by atoms with Crippen molar-refractivity contribution in [3.05, 3.63) is 30.1 Å². The van der Waals surface area contributed by atoms with Gasteiger partial charge in [0.15, 0.2) is 0 Å². The zero-order valence-corrected chi connectivity index (χ0v) is 12.9. The van der Waals surface area contributed by atoms with Crippen molar-refractivity contribution in [2.45, 2.75) is 19.8 Å². The van der Waals surface area contributed by atoms with Crippen molar-refractivity contribution < 1.29 is 17.9 Å². The molecule has 0 unspecified atom stereocenters. The molecular formula is C14H21FN2O3S. The van der Waals surface area contributed by atoms with E-state index in [1.54, 1.807) is 13.0 Å². The summed E-state index contributed by atoms with van der Waals surface area (Å²) in [6.07, 6.45) is 1.26. The van der Waals surface area contributed by atoms with Crippen molar-refractivity contribution in [1.29, 1.82) is 0 Å². The van der Waals surface area contributed by atoms with E-state index in [0.717, 1.165) is 4.31 Å². The third-order valence-electron chi connectivity index (χ3n) is 3.84. The Labute approximate surface area is 125 Å². The number of halogens is 1. The molecule has 5 nitrogen and oxygen atoms in total. The summed E-state index contributed by atoms with van der Waals surface area (Å²) in [5, 5.41) is 9.12. The van der Waals surface area contributed by atoms with Gasteiger partial charge < -0.3 is 5.11 Å². The van der Waals surface area contributed by atoms with Gasteiger partial charge in [-0.2, -0.15) is 12.7 Å². The molecule has 1 saturated heterocycles. The Kier molecular flexibility index (Phi) is 5.18. The van der Waals surface area contributed by atoms with Gasteiger partial charge in [-0.05, 0) is 37.8 Å². The molecule has 118 valence electrons. The van der Waals surface area contributed by atoms with E-state index in [4.69, 9.17) is 5.11 Å². The number of hydrogen-bond acceptors (Lipinski definition) is 3. The molecule has 2 rings (SSSR count). The lowest BCUT2D eigenvalue weighted by Crippen LogP contribution is -2.47. The van der Waals surface area contributed by atoms with Gasteiger partial charge in [-0.1, -0.05) is 12.1 Å². The van der Waals surface area contributed by atoms with Crippen LogP contribution in [0.3, 0.4) is 0 Å². The maximum atomic E-state index is 13.9. The molecule has 1 aromatic carbocycles. The largest absolute Gasteiger partial charge is 0.396 e. The molecule has 0 atom stereocenters. The van der Waals surface area contributed by atoms with Crippen LogP contribution in [0.25, 0.3) is 0 Å². The van der Waals surface area contributed by atoms with Gasteiger partial charge in [0.25, 0.3) is 0 Å². The van der Waals surface area contributed by atoms with Crippen LogP contribution < -0.4 is 4.31 Å². The molecule has 0 saturated carbocycles. The van der Waals surface area contributed by atoms with Crippen LogP contribution in [-0.4, -0.2) is 44.1 Å². The van der Waals surface area contributed by atoms with Gasteiger partial charge in [0.1, 0.15) is 5.82 Å². The van der Waals surface area contributed by atoms with E-state index in [-0.39, 0.29) is 24.8 Å². The quantitative estimate of drug-likeness (QED) is 0.897. The maximum Gasteiger partial charge on any atom is 0.304 e. The van der Waals surface area contributed by atoms with E-state index in [1.807, 2.05) is 0 Å². The summed E-state index contributed by atoms with van der Waals surface area (Å²) >= 11 is 0. The van der Waals surface area contributed by atoms with Crippen molar-refractivity contribution in [3.8, 4) is 0 Å². The lowest BCUT2D eigenvalue weighted by Gasteiger charge is -2.35. The zero-order chi connectivity index (χ0) is 15.5. The van der Waals surface area contributed by atoms with Gasteiger partial charge >= 0.3 is 10.2 Å². The van der Waals surface area contributed by atoms with Gasteiger partial charge in [0.05, 0.1) is 5.69 Å². The number of piperidine rings is 1. The van der Waals surface area contributed by atoms with Crippen LogP contribution in [0.5, 0.6) is 0 Å². The van der Waals surface area contributed by atoms with Crippen molar-refractivity contribution in [2.24, 2.45) is 5.92 Å². The fourth-order valence-electron chi connectivity index (χ4n) is 2.57. The molecule has 1 N–H and O–H groups in total. The van der Waals surface area contributed by atoms with E-state index < -0.39 is 16.0 Å². The number of rotatable bonds is 5. The summed E-state index contributed by atoms with van der Waals surface area (Å²) in [6, 6.07) is 5.88. The van der Waals surface area contributed by atoms with Crippen LogP contribution in [-0.2, 0) is 10.2 Å². The first kappa shape index (κ1) is 16.2. The van der Waals surface area contributed by atoms with Crippen LogP contribution in [0.2, 0.25) is 0 Å². The summed E-state index contributed by atoms with van der Waals surface area (Å²) in [5.74, 6) is -0.395. The Morgan fingerprint density at radius 2 is 1.95 bits per heavy atom. The predicted octanol–water partition coefficient (Wildman–Crippen LogP) is 1.60. The standard InChI is InChI=1S/C14H21FN2O3S/c1-2-17(14-6-4-3-5-13(14)15)21(19,20)16-9-7-12(11-18)8-10-16/h3-6,12,18H,2,7-11H2,1H3. The minimum atomic E-state index is -3.74. The third kappa shape index (κ3) is 3.36. The molecule has 0 radical (unpaired) electrons. The molecule has 1 aliphatic heterocycles.